The first-order valence-electron chi connectivity index (χ1n) is 11.6. The lowest BCUT2D eigenvalue weighted by atomic mass is 9.99. The second kappa shape index (κ2) is 11.4. The number of carbonyl (C=O) groups is 1. The van der Waals surface area contributed by atoms with Gasteiger partial charge < -0.3 is 15.6 Å². The van der Waals surface area contributed by atoms with Crippen LogP contribution in [0.1, 0.15) is 40.9 Å². The molecule has 0 radical (unpaired) electrons. The van der Waals surface area contributed by atoms with Gasteiger partial charge in [0.15, 0.2) is 0 Å². The van der Waals surface area contributed by atoms with Gasteiger partial charge in [0.25, 0.3) is 0 Å². The molecule has 4 aromatic rings. The number of anilines is 1. The van der Waals surface area contributed by atoms with E-state index in [0.29, 0.717) is 19.0 Å². The first-order chi connectivity index (χ1) is 16.6. The molecular weight excluding hydrogens is 426 g/mol. The Morgan fingerprint density at radius 3 is 2.56 bits per heavy atom. The summed E-state index contributed by atoms with van der Waals surface area (Å²) in [6.45, 7) is 6.35. The van der Waals surface area contributed by atoms with Gasteiger partial charge in [-0.1, -0.05) is 30.3 Å². The van der Waals surface area contributed by atoms with Crippen LogP contribution in [0, 0.1) is 13.8 Å². The lowest BCUT2D eigenvalue weighted by Gasteiger charge is -2.12. The van der Waals surface area contributed by atoms with Gasteiger partial charge in [-0.25, -0.2) is 9.78 Å². The molecule has 8 nitrogen and oxygen atoms in total. The quantitative estimate of drug-likeness (QED) is 0.266. The number of imidazole rings is 1. The fourth-order valence-electron chi connectivity index (χ4n) is 3.97. The predicted octanol–water partition coefficient (Wildman–Crippen LogP) is 4.25. The average molecular weight is 458 g/mol. The Balaban J connectivity index is 1.26. The van der Waals surface area contributed by atoms with E-state index in [1.807, 2.05) is 12.4 Å². The molecule has 34 heavy (non-hydrogen) atoms. The molecule has 0 fully saturated rings. The predicted molar refractivity (Wildman–Crippen MR) is 135 cm³/mol. The summed E-state index contributed by atoms with van der Waals surface area (Å²) in [5.41, 5.74) is 5.72. The van der Waals surface area contributed by atoms with Crippen LogP contribution < -0.4 is 16.0 Å². The van der Waals surface area contributed by atoms with Crippen LogP contribution in [0.15, 0.2) is 55.1 Å². The highest BCUT2D eigenvalue weighted by molar-refractivity contribution is 5.88. The molecule has 8 heteroatoms. The molecule has 0 saturated carbocycles. The standard InChI is InChI=1S/C26H31N7O/c1-18-13-19(2)23(31-15-18)14-20-16-32-24(22-8-4-3-7-21(20)22)17-27-9-5-6-10-30-26(34)33-25-28-11-12-29-25/h3-4,7-8,11-13,15-16,27H,5-6,9-10,14,17H2,1-2H3,(H3,28,29,30,33,34). The number of unbranched alkanes of at least 4 members (excludes halogenated alkanes) is 1. The van der Waals surface area contributed by atoms with Crippen molar-refractivity contribution in [2.24, 2.45) is 0 Å². The Kier molecular flexibility index (Phi) is 7.83. The maximum Gasteiger partial charge on any atom is 0.321 e. The van der Waals surface area contributed by atoms with Crippen LogP contribution in [-0.4, -0.2) is 39.1 Å². The van der Waals surface area contributed by atoms with Crippen molar-refractivity contribution in [2.45, 2.75) is 39.7 Å². The number of aryl methyl sites for hydroxylation is 2. The highest BCUT2D eigenvalue weighted by atomic mass is 16.2. The average Bonchev–Trinajstić information content (AvgIpc) is 3.34. The van der Waals surface area contributed by atoms with Crippen molar-refractivity contribution >= 4 is 22.8 Å². The van der Waals surface area contributed by atoms with E-state index in [1.165, 1.54) is 27.5 Å². The molecule has 0 atom stereocenters. The van der Waals surface area contributed by atoms with Crippen molar-refractivity contribution in [2.75, 3.05) is 18.4 Å². The number of carbonyl (C=O) groups excluding carboxylic acids is 1. The van der Waals surface area contributed by atoms with Crippen molar-refractivity contribution in [1.82, 2.24) is 30.6 Å². The number of fused-ring (bicyclic) bond motifs is 1. The Hall–Kier alpha value is -3.78. The van der Waals surface area contributed by atoms with E-state index in [9.17, 15) is 4.79 Å². The molecule has 0 bridgehead atoms. The van der Waals surface area contributed by atoms with E-state index >= 15 is 0 Å². The number of aromatic amines is 1. The summed E-state index contributed by atoms with van der Waals surface area (Å²) < 4.78 is 0. The second-order valence-electron chi connectivity index (χ2n) is 8.43. The molecule has 0 unspecified atom stereocenters. The molecule has 4 N–H and O–H groups in total. The molecular formula is C26H31N7O. The zero-order chi connectivity index (χ0) is 23.8. The van der Waals surface area contributed by atoms with Crippen LogP contribution in [0.2, 0.25) is 0 Å². The molecule has 0 aliphatic rings. The summed E-state index contributed by atoms with van der Waals surface area (Å²) in [5.74, 6) is 0.440. The fourth-order valence-corrected chi connectivity index (χ4v) is 3.97. The van der Waals surface area contributed by atoms with E-state index < -0.39 is 0 Å². The van der Waals surface area contributed by atoms with Crippen LogP contribution in [0.4, 0.5) is 10.7 Å². The molecule has 3 heterocycles. The molecule has 2 amide bonds. The molecule has 0 aliphatic heterocycles. The highest BCUT2D eigenvalue weighted by Crippen LogP contribution is 2.24. The lowest BCUT2D eigenvalue weighted by Crippen LogP contribution is -2.30. The third-order valence-corrected chi connectivity index (χ3v) is 5.73. The number of amides is 2. The van der Waals surface area contributed by atoms with Gasteiger partial charge in [0, 0.05) is 55.4 Å². The topological polar surface area (TPSA) is 108 Å². The summed E-state index contributed by atoms with van der Waals surface area (Å²) in [5, 5.41) is 11.4. The van der Waals surface area contributed by atoms with Crippen molar-refractivity contribution in [3.05, 3.63) is 83.2 Å². The van der Waals surface area contributed by atoms with Gasteiger partial charge in [-0.05, 0) is 55.3 Å². The first kappa shape index (κ1) is 23.4. The third-order valence-electron chi connectivity index (χ3n) is 5.73. The number of benzene rings is 1. The number of hydrogen-bond donors (Lipinski definition) is 4. The van der Waals surface area contributed by atoms with Crippen LogP contribution in [0.25, 0.3) is 10.8 Å². The zero-order valence-corrected chi connectivity index (χ0v) is 19.7. The molecule has 0 saturated heterocycles. The number of pyridine rings is 2. The summed E-state index contributed by atoms with van der Waals surface area (Å²) in [6.07, 6.45) is 9.78. The summed E-state index contributed by atoms with van der Waals surface area (Å²) in [6, 6.07) is 10.4. The Labute approximate surface area is 199 Å². The van der Waals surface area contributed by atoms with Crippen LogP contribution >= 0.6 is 0 Å². The van der Waals surface area contributed by atoms with Gasteiger partial charge >= 0.3 is 6.03 Å². The lowest BCUT2D eigenvalue weighted by molar-refractivity contribution is 0.251. The van der Waals surface area contributed by atoms with E-state index in [0.717, 1.165) is 37.2 Å². The molecule has 1 aromatic carbocycles. The minimum Gasteiger partial charge on any atom is -0.338 e. The SMILES string of the molecule is Cc1cnc(Cc2cnc(CNCCCCNC(=O)Nc3ncc[nH]3)c3ccccc23)c(C)c1. The van der Waals surface area contributed by atoms with Crippen molar-refractivity contribution in [3.63, 3.8) is 0 Å². The highest BCUT2D eigenvalue weighted by Gasteiger charge is 2.10. The van der Waals surface area contributed by atoms with Gasteiger partial charge in [0.05, 0.1) is 5.69 Å². The normalized spacial score (nSPS) is 11.0. The Morgan fingerprint density at radius 2 is 1.76 bits per heavy atom. The smallest absolute Gasteiger partial charge is 0.321 e. The van der Waals surface area contributed by atoms with E-state index in [-0.39, 0.29) is 6.03 Å². The minimum atomic E-state index is -0.255. The van der Waals surface area contributed by atoms with E-state index in [4.69, 9.17) is 4.98 Å². The Morgan fingerprint density at radius 1 is 0.971 bits per heavy atom. The molecule has 0 spiro atoms. The molecule has 0 aliphatic carbocycles. The zero-order valence-electron chi connectivity index (χ0n) is 19.7. The monoisotopic (exact) mass is 457 g/mol. The van der Waals surface area contributed by atoms with Gasteiger partial charge in [-0.15, -0.1) is 0 Å². The van der Waals surface area contributed by atoms with Crippen LogP contribution in [0.5, 0.6) is 0 Å². The number of urea groups is 1. The summed E-state index contributed by atoms with van der Waals surface area (Å²) >= 11 is 0. The summed E-state index contributed by atoms with van der Waals surface area (Å²) in [4.78, 5) is 28.0. The largest absolute Gasteiger partial charge is 0.338 e. The number of H-pyrrole nitrogens is 1. The maximum atomic E-state index is 11.8. The summed E-state index contributed by atoms with van der Waals surface area (Å²) in [7, 11) is 0. The number of aromatic nitrogens is 4. The van der Waals surface area contributed by atoms with Crippen LogP contribution in [0.3, 0.4) is 0 Å². The van der Waals surface area contributed by atoms with Crippen molar-refractivity contribution in [1.29, 1.82) is 0 Å². The van der Waals surface area contributed by atoms with E-state index in [2.05, 4.69) is 75.1 Å². The number of nitrogens with one attached hydrogen (secondary N) is 4. The third kappa shape index (κ3) is 6.17. The van der Waals surface area contributed by atoms with Gasteiger partial charge in [-0.3, -0.25) is 15.3 Å². The van der Waals surface area contributed by atoms with Gasteiger partial charge in [0.2, 0.25) is 5.95 Å². The van der Waals surface area contributed by atoms with Crippen LogP contribution in [-0.2, 0) is 13.0 Å². The number of hydrogen-bond acceptors (Lipinski definition) is 5. The molecule has 3 aromatic heterocycles. The second-order valence-corrected chi connectivity index (χ2v) is 8.43. The maximum absolute atomic E-state index is 11.8. The van der Waals surface area contributed by atoms with Gasteiger partial charge in [0.1, 0.15) is 0 Å². The number of nitrogens with zero attached hydrogens (tertiary/aromatic N) is 3. The first-order valence-corrected chi connectivity index (χ1v) is 11.6. The van der Waals surface area contributed by atoms with Gasteiger partial charge in [-0.2, -0.15) is 0 Å². The van der Waals surface area contributed by atoms with E-state index in [1.54, 1.807) is 12.4 Å². The van der Waals surface area contributed by atoms with Crippen molar-refractivity contribution < 1.29 is 4.79 Å². The van der Waals surface area contributed by atoms with Crippen molar-refractivity contribution in [3.8, 4) is 0 Å². The molecule has 4 rings (SSSR count). The number of rotatable bonds is 10. The molecule has 176 valence electrons. The fraction of sp³-hybridized carbons (Fsp3) is 0.308. The minimum absolute atomic E-state index is 0.255. The Bertz CT molecular complexity index is 1240.